The molecule has 3 nitrogen and oxygen atoms in total. The van der Waals surface area contributed by atoms with Crippen molar-refractivity contribution in [3.8, 4) is 0 Å². The molecule has 0 saturated carbocycles. The summed E-state index contributed by atoms with van der Waals surface area (Å²) in [6, 6.07) is 10.00. The molecule has 0 amide bonds. The first kappa shape index (κ1) is 14.3. The van der Waals surface area contributed by atoms with Crippen molar-refractivity contribution in [1.29, 1.82) is 0 Å². The number of rotatable bonds is 5. The molecule has 0 unspecified atom stereocenters. The zero-order valence-electron chi connectivity index (χ0n) is 10.8. The van der Waals surface area contributed by atoms with Gasteiger partial charge in [0.1, 0.15) is 11.6 Å². The summed E-state index contributed by atoms with van der Waals surface area (Å²) in [5.74, 6) is 2.08. The van der Waals surface area contributed by atoms with Crippen LogP contribution < -0.4 is 5.73 Å². The largest absolute Gasteiger partial charge is 0.384 e. The molecule has 5 heteroatoms. The van der Waals surface area contributed by atoms with Crippen molar-refractivity contribution in [3.05, 3.63) is 46.3 Å². The quantitative estimate of drug-likeness (QED) is 0.835. The standard InChI is InChI=1S/C14H16BrN3S/c1-2-5-10-8-13(16)18-14(17-10)9-19-12-7-4-3-6-11(12)15/h3-4,6-8H,2,5,9H2,1H3,(H2,16,17,18). The SMILES string of the molecule is CCCc1cc(N)nc(CSc2ccccc2Br)n1. The van der Waals surface area contributed by atoms with Crippen LogP contribution >= 0.6 is 27.7 Å². The normalized spacial score (nSPS) is 10.6. The fraction of sp³-hybridized carbons (Fsp3) is 0.286. The van der Waals surface area contributed by atoms with Gasteiger partial charge in [0.25, 0.3) is 0 Å². The second kappa shape index (κ2) is 6.91. The van der Waals surface area contributed by atoms with E-state index in [1.165, 1.54) is 4.90 Å². The fourth-order valence-electron chi connectivity index (χ4n) is 1.73. The third-order valence-electron chi connectivity index (χ3n) is 2.54. The van der Waals surface area contributed by atoms with Crippen molar-refractivity contribution in [2.24, 2.45) is 0 Å². The summed E-state index contributed by atoms with van der Waals surface area (Å²) in [7, 11) is 0. The highest BCUT2D eigenvalue weighted by Crippen LogP contribution is 2.29. The Morgan fingerprint density at radius 3 is 2.79 bits per heavy atom. The summed E-state index contributed by atoms with van der Waals surface area (Å²) in [5, 5.41) is 0. The Balaban J connectivity index is 2.09. The Bertz CT molecular complexity index is 560. The van der Waals surface area contributed by atoms with E-state index in [1.807, 2.05) is 24.3 Å². The minimum atomic E-state index is 0.557. The lowest BCUT2D eigenvalue weighted by Gasteiger charge is -2.06. The van der Waals surface area contributed by atoms with Gasteiger partial charge in [-0.3, -0.25) is 0 Å². The van der Waals surface area contributed by atoms with Crippen molar-refractivity contribution >= 4 is 33.5 Å². The van der Waals surface area contributed by atoms with Crippen molar-refractivity contribution < 1.29 is 0 Å². The summed E-state index contributed by atoms with van der Waals surface area (Å²) >= 11 is 5.25. The van der Waals surface area contributed by atoms with Gasteiger partial charge in [0.05, 0.1) is 5.75 Å². The van der Waals surface area contributed by atoms with E-state index in [2.05, 4.69) is 38.9 Å². The van der Waals surface area contributed by atoms with Crippen LogP contribution in [0.4, 0.5) is 5.82 Å². The van der Waals surface area contributed by atoms with Gasteiger partial charge in [0.2, 0.25) is 0 Å². The average Bonchev–Trinajstić information content (AvgIpc) is 2.37. The number of thioether (sulfide) groups is 1. The summed E-state index contributed by atoms with van der Waals surface area (Å²) in [5.41, 5.74) is 6.84. The van der Waals surface area contributed by atoms with Gasteiger partial charge in [-0.1, -0.05) is 25.5 Å². The Morgan fingerprint density at radius 1 is 1.26 bits per heavy atom. The Hall–Kier alpha value is -1.07. The monoisotopic (exact) mass is 337 g/mol. The molecule has 0 fully saturated rings. The van der Waals surface area contributed by atoms with Crippen LogP contribution in [-0.2, 0) is 12.2 Å². The lowest BCUT2D eigenvalue weighted by atomic mass is 10.2. The molecular formula is C14H16BrN3S. The van der Waals surface area contributed by atoms with Gasteiger partial charge in [-0.25, -0.2) is 9.97 Å². The molecule has 2 N–H and O–H groups in total. The molecule has 1 heterocycles. The van der Waals surface area contributed by atoms with Crippen LogP contribution in [0.1, 0.15) is 24.9 Å². The molecule has 0 spiro atoms. The van der Waals surface area contributed by atoms with Gasteiger partial charge in [0, 0.05) is 21.1 Å². The number of aryl methyl sites for hydroxylation is 1. The van der Waals surface area contributed by atoms with Gasteiger partial charge in [-0.05, 0) is 34.5 Å². The highest BCUT2D eigenvalue weighted by atomic mass is 79.9. The van der Waals surface area contributed by atoms with Gasteiger partial charge in [-0.2, -0.15) is 0 Å². The van der Waals surface area contributed by atoms with E-state index < -0.39 is 0 Å². The predicted octanol–water partition coefficient (Wildman–Crippen LogP) is 4.07. The number of nitrogens with two attached hydrogens (primary N) is 1. The van der Waals surface area contributed by atoms with Crippen LogP contribution in [0.3, 0.4) is 0 Å². The fourth-order valence-corrected chi connectivity index (χ4v) is 3.15. The molecule has 0 radical (unpaired) electrons. The van der Waals surface area contributed by atoms with Gasteiger partial charge >= 0.3 is 0 Å². The molecule has 0 aliphatic rings. The number of anilines is 1. The summed E-state index contributed by atoms with van der Waals surface area (Å²) in [6.07, 6.45) is 2.01. The first-order valence-corrected chi connectivity index (χ1v) is 7.96. The maximum atomic E-state index is 5.82. The van der Waals surface area contributed by atoms with Crippen molar-refractivity contribution in [1.82, 2.24) is 9.97 Å². The van der Waals surface area contributed by atoms with E-state index in [0.717, 1.165) is 34.6 Å². The Labute approximate surface area is 126 Å². The molecule has 0 atom stereocenters. The summed E-state index contributed by atoms with van der Waals surface area (Å²) in [6.45, 7) is 2.13. The topological polar surface area (TPSA) is 51.8 Å². The molecule has 2 aromatic rings. The van der Waals surface area contributed by atoms with Crippen LogP contribution in [0.25, 0.3) is 0 Å². The molecule has 0 aliphatic carbocycles. The molecule has 0 saturated heterocycles. The number of halogens is 1. The van der Waals surface area contributed by atoms with E-state index in [-0.39, 0.29) is 0 Å². The summed E-state index contributed by atoms with van der Waals surface area (Å²) in [4.78, 5) is 10.0. The van der Waals surface area contributed by atoms with E-state index >= 15 is 0 Å². The molecular weight excluding hydrogens is 322 g/mol. The zero-order chi connectivity index (χ0) is 13.7. The second-order valence-corrected chi connectivity index (χ2v) is 6.04. The third-order valence-corrected chi connectivity index (χ3v) is 4.57. The molecule has 0 aliphatic heterocycles. The number of aromatic nitrogens is 2. The molecule has 1 aromatic heterocycles. The molecule has 2 rings (SSSR count). The van der Waals surface area contributed by atoms with E-state index in [9.17, 15) is 0 Å². The van der Waals surface area contributed by atoms with Gasteiger partial charge < -0.3 is 5.73 Å². The smallest absolute Gasteiger partial charge is 0.141 e. The van der Waals surface area contributed by atoms with Gasteiger partial charge in [-0.15, -0.1) is 11.8 Å². The van der Waals surface area contributed by atoms with Crippen LogP contribution in [0, 0.1) is 0 Å². The molecule has 0 bridgehead atoms. The van der Waals surface area contributed by atoms with Crippen molar-refractivity contribution in [2.45, 2.75) is 30.4 Å². The van der Waals surface area contributed by atoms with Crippen LogP contribution in [0.15, 0.2) is 39.7 Å². The second-order valence-electron chi connectivity index (χ2n) is 4.17. The van der Waals surface area contributed by atoms with Crippen molar-refractivity contribution in [2.75, 3.05) is 5.73 Å². The first-order chi connectivity index (χ1) is 9.19. The minimum absolute atomic E-state index is 0.557. The Morgan fingerprint density at radius 2 is 2.05 bits per heavy atom. The van der Waals surface area contributed by atoms with Gasteiger partial charge in [0.15, 0.2) is 0 Å². The zero-order valence-corrected chi connectivity index (χ0v) is 13.2. The van der Waals surface area contributed by atoms with E-state index in [1.54, 1.807) is 11.8 Å². The lowest BCUT2D eigenvalue weighted by Crippen LogP contribution is -2.02. The summed E-state index contributed by atoms with van der Waals surface area (Å²) < 4.78 is 1.10. The minimum Gasteiger partial charge on any atom is -0.384 e. The van der Waals surface area contributed by atoms with Crippen LogP contribution in [0.2, 0.25) is 0 Å². The third kappa shape index (κ3) is 4.21. The molecule has 100 valence electrons. The highest BCUT2D eigenvalue weighted by molar-refractivity contribution is 9.10. The lowest BCUT2D eigenvalue weighted by molar-refractivity contribution is 0.856. The van der Waals surface area contributed by atoms with E-state index in [4.69, 9.17) is 5.73 Å². The number of nitrogen functional groups attached to an aromatic ring is 1. The predicted molar refractivity (Wildman–Crippen MR) is 84.1 cm³/mol. The molecule has 1 aromatic carbocycles. The maximum Gasteiger partial charge on any atom is 0.141 e. The van der Waals surface area contributed by atoms with Crippen LogP contribution in [-0.4, -0.2) is 9.97 Å². The van der Waals surface area contributed by atoms with Crippen molar-refractivity contribution in [3.63, 3.8) is 0 Å². The number of hydrogen-bond donors (Lipinski definition) is 1. The number of nitrogens with zero attached hydrogens (tertiary/aromatic N) is 2. The number of hydrogen-bond acceptors (Lipinski definition) is 4. The molecule has 19 heavy (non-hydrogen) atoms. The average molecular weight is 338 g/mol. The first-order valence-electron chi connectivity index (χ1n) is 6.18. The maximum absolute atomic E-state index is 5.82. The highest BCUT2D eigenvalue weighted by Gasteiger charge is 2.05. The van der Waals surface area contributed by atoms with E-state index in [0.29, 0.717) is 5.82 Å². The Kier molecular flexibility index (Phi) is 5.22. The number of benzene rings is 1. The van der Waals surface area contributed by atoms with Crippen LogP contribution in [0.5, 0.6) is 0 Å².